The fourth-order valence-electron chi connectivity index (χ4n) is 2.86. The van der Waals surface area contributed by atoms with Gasteiger partial charge in [0.15, 0.2) is 11.5 Å². The van der Waals surface area contributed by atoms with Gasteiger partial charge >= 0.3 is 0 Å². The van der Waals surface area contributed by atoms with E-state index in [4.69, 9.17) is 9.47 Å². The smallest absolute Gasteiger partial charge is 0.241 e. The third kappa shape index (κ3) is 3.99. The van der Waals surface area contributed by atoms with E-state index in [-0.39, 0.29) is 17.3 Å². The van der Waals surface area contributed by atoms with Gasteiger partial charge in [0.1, 0.15) is 13.2 Å². The zero-order valence-electron chi connectivity index (χ0n) is 13.5. The van der Waals surface area contributed by atoms with Crippen molar-refractivity contribution in [2.24, 2.45) is 0 Å². The largest absolute Gasteiger partial charge is 0.486 e. The van der Waals surface area contributed by atoms with Crippen LogP contribution in [-0.4, -0.2) is 52.1 Å². The Bertz CT molecular complexity index is 696. The van der Waals surface area contributed by atoms with Crippen molar-refractivity contribution in [3.63, 3.8) is 0 Å². The summed E-state index contributed by atoms with van der Waals surface area (Å²) in [5.41, 5.74) is 0. The average Bonchev–Trinajstić information content (AvgIpc) is 2.89. The standard InChI is InChI=1S/C16H22N2O5S/c19-16(18-7-3-1-2-4-8-18)12-17-24(20,21)13-5-6-14-15(11-13)23-10-9-22-14/h5-6,11,17H,1-4,7-10,12H2. The molecular formula is C16H22N2O5S. The zero-order valence-corrected chi connectivity index (χ0v) is 14.3. The van der Waals surface area contributed by atoms with E-state index in [0.717, 1.165) is 25.7 Å². The molecule has 0 aliphatic carbocycles. The summed E-state index contributed by atoms with van der Waals surface area (Å²) in [4.78, 5) is 14.0. The van der Waals surface area contributed by atoms with Gasteiger partial charge in [-0.15, -0.1) is 0 Å². The molecule has 1 amide bonds. The minimum atomic E-state index is -3.77. The molecule has 7 nitrogen and oxygen atoms in total. The molecule has 8 heteroatoms. The molecule has 0 atom stereocenters. The first-order valence-electron chi connectivity index (χ1n) is 8.23. The van der Waals surface area contributed by atoms with Crippen molar-refractivity contribution >= 4 is 15.9 Å². The summed E-state index contributed by atoms with van der Waals surface area (Å²) < 4.78 is 38.0. The third-order valence-corrected chi connectivity index (χ3v) is 5.60. The van der Waals surface area contributed by atoms with Crippen molar-refractivity contribution in [3.05, 3.63) is 18.2 Å². The fourth-order valence-corrected chi connectivity index (χ4v) is 3.85. The first-order chi connectivity index (χ1) is 11.6. The molecule has 0 radical (unpaired) electrons. The molecule has 1 saturated heterocycles. The molecule has 2 aliphatic heterocycles. The first kappa shape index (κ1) is 17.0. The van der Waals surface area contributed by atoms with Crippen molar-refractivity contribution in [1.29, 1.82) is 0 Å². The Balaban J connectivity index is 1.64. The predicted octanol–water partition coefficient (Wildman–Crippen LogP) is 1.14. The van der Waals surface area contributed by atoms with Gasteiger partial charge in [-0.25, -0.2) is 13.1 Å². The van der Waals surface area contributed by atoms with Crippen molar-refractivity contribution < 1.29 is 22.7 Å². The molecule has 2 heterocycles. The van der Waals surface area contributed by atoms with E-state index in [0.29, 0.717) is 37.8 Å². The molecule has 3 rings (SSSR count). The van der Waals surface area contributed by atoms with Crippen LogP contribution in [0.15, 0.2) is 23.1 Å². The average molecular weight is 354 g/mol. The van der Waals surface area contributed by atoms with Gasteiger partial charge in [-0.1, -0.05) is 12.8 Å². The lowest BCUT2D eigenvalue weighted by Gasteiger charge is -2.21. The van der Waals surface area contributed by atoms with Crippen molar-refractivity contribution in [2.45, 2.75) is 30.6 Å². The number of nitrogens with zero attached hydrogens (tertiary/aromatic N) is 1. The Labute approximate surface area is 142 Å². The third-order valence-electron chi connectivity index (χ3n) is 4.20. The lowest BCUT2D eigenvalue weighted by atomic mass is 10.2. The summed E-state index contributed by atoms with van der Waals surface area (Å²) >= 11 is 0. The Morgan fingerprint density at radius 2 is 1.71 bits per heavy atom. The SMILES string of the molecule is O=C(CNS(=O)(=O)c1ccc2c(c1)OCCO2)N1CCCCCC1. The van der Waals surface area contributed by atoms with Gasteiger partial charge in [-0.3, -0.25) is 4.79 Å². The van der Waals surface area contributed by atoms with Crippen LogP contribution in [0.25, 0.3) is 0 Å². The van der Waals surface area contributed by atoms with Crippen LogP contribution in [0, 0.1) is 0 Å². The molecule has 0 unspecified atom stereocenters. The number of nitrogens with one attached hydrogen (secondary N) is 1. The van der Waals surface area contributed by atoms with E-state index < -0.39 is 10.0 Å². The molecular weight excluding hydrogens is 332 g/mol. The number of ether oxygens (including phenoxy) is 2. The Morgan fingerprint density at radius 1 is 1.04 bits per heavy atom. The fraction of sp³-hybridized carbons (Fsp3) is 0.562. The lowest BCUT2D eigenvalue weighted by molar-refractivity contribution is -0.129. The number of likely N-dealkylation sites (tertiary alicyclic amines) is 1. The van der Waals surface area contributed by atoms with Crippen LogP contribution in [0.1, 0.15) is 25.7 Å². The molecule has 1 fully saturated rings. The summed E-state index contributed by atoms with van der Waals surface area (Å²) in [6, 6.07) is 4.44. The summed E-state index contributed by atoms with van der Waals surface area (Å²) in [6.07, 6.45) is 4.18. The maximum Gasteiger partial charge on any atom is 0.241 e. The topological polar surface area (TPSA) is 84.9 Å². The molecule has 1 aromatic rings. The van der Waals surface area contributed by atoms with Gasteiger partial charge in [0.05, 0.1) is 11.4 Å². The Kier molecular flexibility index (Phi) is 5.25. The van der Waals surface area contributed by atoms with E-state index in [2.05, 4.69) is 4.72 Å². The lowest BCUT2D eigenvalue weighted by Crippen LogP contribution is -2.40. The van der Waals surface area contributed by atoms with Gasteiger partial charge < -0.3 is 14.4 Å². The normalized spacial score (nSPS) is 18.1. The molecule has 0 aromatic heterocycles. The van der Waals surface area contributed by atoms with Crippen LogP contribution >= 0.6 is 0 Å². The molecule has 0 saturated carbocycles. The molecule has 24 heavy (non-hydrogen) atoms. The van der Waals surface area contributed by atoms with Crippen LogP contribution < -0.4 is 14.2 Å². The van der Waals surface area contributed by atoms with Crippen molar-refractivity contribution in [1.82, 2.24) is 9.62 Å². The van der Waals surface area contributed by atoms with Gasteiger partial charge in [0.25, 0.3) is 0 Å². The van der Waals surface area contributed by atoms with Gasteiger partial charge in [-0.05, 0) is 25.0 Å². The summed E-state index contributed by atoms with van der Waals surface area (Å²) in [7, 11) is -3.77. The molecule has 1 aromatic carbocycles. The highest BCUT2D eigenvalue weighted by atomic mass is 32.2. The van der Waals surface area contributed by atoms with Gasteiger partial charge in [0.2, 0.25) is 15.9 Å². The number of hydrogen-bond donors (Lipinski definition) is 1. The van der Waals surface area contributed by atoms with Gasteiger partial charge in [0, 0.05) is 19.2 Å². The second-order valence-electron chi connectivity index (χ2n) is 5.93. The molecule has 1 N–H and O–H groups in total. The molecule has 0 bridgehead atoms. The first-order valence-corrected chi connectivity index (χ1v) is 9.72. The minimum Gasteiger partial charge on any atom is -0.486 e. The van der Waals surface area contributed by atoms with E-state index in [1.165, 1.54) is 12.1 Å². The number of amides is 1. The van der Waals surface area contributed by atoms with Crippen LogP contribution in [-0.2, 0) is 14.8 Å². The van der Waals surface area contributed by atoms with E-state index in [9.17, 15) is 13.2 Å². The van der Waals surface area contributed by atoms with Crippen molar-refractivity contribution in [2.75, 3.05) is 32.8 Å². The van der Waals surface area contributed by atoms with Crippen LogP contribution in [0.4, 0.5) is 0 Å². The maximum absolute atomic E-state index is 12.4. The zero-order chi connectivity index (χ0) is 17.0. The monoisotopic (exact) mass is 354 g/mol. The van der Waals surface area contributed by atoms with Crippen LogP contribution in [0.2, 0.25) is 0 Å². The second-order valence-corrected chi connectivity index (χ2v) is 7.69. The molecule has 132 valence electrons. The van der Waals surface area contributed by atoms with E-state index >= 15 is 0 Å². The van der Waals surface area contributed by atoms with Crippen LogP contribution in [0.5, 0.6) is 11.5 Å². The summed E-state index contributed by atoms with van der Waals surface area (Å²) in [5.74, 6) is 0.752. The number of benzene rings is 1. The Morgan fingerprint density at radius 3 is 2.42 bits per heavy atom. The second kappa shape index (κ2) is 7.40. The predicted molar refractivity (Wildman–Crippen MR) is 87.7 cm³/mol. The number of carbonyl (C=O) groups is 1. The Hall–Kier alpha value is -1.80. The maximum atomic E-state index is 12.4. The van der Waals surface area contributed by atoms with E-state index in [1.54, 1.807) is 11.0 Å². The number of sulfonamides is 1. The summed E-state index contributed by atoms with van der Waals surface area (Å²) in [5, 5.41) is 0. The number of hydrogen-bond acceptors (Lipinski definition) is 5. The van der Waals surface area contributed by atoms with Gasteiger partial charge in [-0.2, -0.15) is 0 Å². The highest BCUT2D eigenvalue weighted by Gasteiger charge is 2.22. The minimum absolute atomic E-state index is 0.0652. The molecule has 2 aliphatic rings. The number of rotatable bonds is 4. The summed E-state index contributed by atoms with van der Waals surface area (Å²) in [6.45, 7) is 2.00. The molecule has 0 spiro atoms. The quantitative estimate of drug-likeness (QED) is 0.876. The number of carbonyl (C=O) groups excluding carboxylic acids is 1. The van der Waals surface area contributed by atoms with Crippen molar-refractivity contribution in [3.8, 4) is 11.5 Å². The van der Waals surface area contributed by atoms with Crippen LogP contribution in [0.3, 0.4) is 0 Å². The highest BCUT2D eigenvalue weighted by Crippen LogP contribution is 2.32. The van der Waals surface area contributed by atoms with E-state index in [1.807, 2.05) is 0 Å². The number of fused-ring (bicyclic) bond motifs is 1. The highest BCUT2D eigenvalue weighted by molar-refractivity contribution is 7.89.